The average molecular weight is 399 g/mol. The van der Waals surface area contributed by atoms with E-state index in [-0.39, 0.29) is 5.78 Å². The number of carbonyl (C=O) groups excluding carboxylic acids is 1. The molecule has 0 saturated heterocycles. The highest BCUT2D eigenvalue weighted by molar-refractivity contribution is 14.1. The van der Waals surface area contributed by atoms with Crippen molar-refractivity contribution in [2.75, 3.05) is 13.1 Å². The number of hydrogen-bond acceptors (Lipinski definition) is 2. The molecule has 3 heteroatoms. The van der Waals surface area contributed by atoms with E-state index in [0.29, 0.717) is 18.5 Å². The molecular formula is C18H26INO. The van der Waals surface area contributed by atoms with Gasteiger partial charge in [-0.25, -0.2) is 0 Å². The normalized spacial score (nSPS) is 16.0. The second-order valence-electron chi connectivity index (χ2n) is 6.52. The Morgan fingerprint density at radius 3 is 2.43 bits per heavy atom. The van der Waals surface area contributed by atoms with Gasteiger partial charge in [-0.1, -0.05) is 38.8 Å². The van der Waals surface area contributed by atoms with Gasteiger partial charge in [0, 0.05) is 15.2 Å². The Bertz CT molecular complexity index is 449. The summed E-state index contributed by atoms with van der Waals surface area (Å²) in [6.07, 6.45) is 6.34. The summed E-state index contributed by atoms with van der Waals surface area (Å²) in [6.45, 7) is 6.15. The molecule has 0 heterocycles. The predicted octanol–water partition coefficient (Wildman–Crippen LogP) is 4.76. The first-order valence-electron chi connectivity index (χ1n) is 8.09. The lowest BCUT2D eigenvalue weighted by atomic mass is 10.1. The largest absolute Gasteiger partial charge is 0.293 e. The Balaban J connectivity index is 1.99. The third-order valence-corrected chi connectivity index (χ3v) is 5.07. The van der Waals surface area contributed by atoms with Crippen molar-refractivity contribution < 1.29 is 4.79 Å². The molecule has 2 nitrogen and oxygen atoms in total. The van der Waals surface area contributed by atoms with Gasteiger partial charge >= 0.3 is 0 Å². The van der Waals surface area contributed by atoms with E-state index < -0.39 is 0 Å². The van der Waals surface area contributed by atoms with Crippen LogP contribution in [0.5, 0.6) is 0 Å². The van der Waals surface area contributed by atoms with Crippen molar-refractivity contribution in [2.45, 2.75) is 52.0 Å². The second-order valence-corrected chi connectivity index (χ2v) is 7.77. The molecule has 21 heavy (non-hydrogen) atoms. The minimum absolute atomic E-state index is 0.266. The van der Waals surface area contributed by atoms with Gasteiger partial charge in [0.2, 0.25) is 0 Å². The van der Waals surface area contributed by atoms with Gasteiger partial charge in [0.25, 0.3) is 0 Å². The van der Waals surface area contributed by atoms with Crippen LogP contribution in [0, 0.1) is 9.49 Å². The number of carbonyl (C=O) groups is 1. The Hall–Kier alpha value is -0.420. The predicted molar refractivity (Wildman–Crippen MR) is 96.8 cm³/mol. The number of benzene rings is 1. The SMILES string of the molecule is CC(C)CCN(CC(=O)c1ccc(I)cc1)C1CCCC1. The molecule has 0 aromatic heterocycles. The maximum Gasteiger partial charge on any atom is 0.176 e. The van der Waals surface area contributed by atoms with Crippen LogP contribution in [0.4, 0.5) is 0 Å². The van der Waals surface area contributed by atoms with Crippen LogP contribution in [0.25, 0.3) is 0 Å². The lowest BCUT2D eigenvalue weighted by Gasteiger charge is -2.28. The summed E-state index contributed by atoms with van der Waals surface area (Å²) in [6, 6.07) is 8.57. The Kier molecular flexibility index (Phi) is 6.68. The molecule has 0 radical (unpaired) electrons. The molecule has 1 aliphatic rings. The first-order chi connectivity index (χ1) is 10.1. The van der Waals surface area contributed by atoms with Gasteiger partial charge in [0.1, 0.15) is 0 Å². The van der Waals surface area contributed by atoms with Crippen molar-refractivity contribution in [3.05, 3.63) is 33.4 Å². The van der Waals surface area contributed by atoms with Gasteiger partial charge in [-0.2, -0.15) is 0 Å². The topological polar surface area (TPSA) is 20.3 Å². The molecule has 2 rings (SSSR count). The average Bonchev–Trinajstić information content (AvgIpc) is 2.97. The second kappa shape index (κ2) is 8.28. The monoisotopic (exact) mass is 399 g/mol. The standard InChI is InChI=1S/C18H26INO/c1-14(2)11-12-20(17-5-3-4-6-17)13-18(21)15-7-9-16(19)10-8-15/h7-10,14,17H,3-6,11-13H2,1-2H3. The third-order valence-electron chi connectivity index (χ3n) is 4.35. The molecule has 0 aliphatic heterocycles. The van der Waals surface area contributed by atoms with E-state index in [1.54, 1.807) is 0 Å². The van der Waals surface area contributed by atoms with Gasteiger partial charge in [0.05, 0.1) is 6.54 Å². The van der Waals surface area contributed by atoms with Crippen LogP contribution in [0.3, 0.4) is 0 Å². The molecular weight excluding hydrogens is 373 g/mol. The van der Waals surface area contributed by atoms with Crippen LogP contribution in [0.2, 0.25) is 0 Å². The summed E-state index contributed by atoms with van der Waals surface area (Å²) < 4.78 is 1.18. The highest BCUT2D eigenvalue weighted by Crippen LogP contribution is 2.24. The van der Waals surface area contributed by atoms with Crippen molar-refractivity contribution in [1.82, 2.24) is 4.90 Å². The number of Topliss-reactive ketones (excluding diaryl/α,β-unsaturated/α-hetero) is 1. The van der Waals surface area contributed by atoms with Crippen LogP contribution < -0.4 is 0 Å². The van der Waals surface area contributed by atoms with Gasteiger partial charge in [-0.3, -0.25) is 9.69 Å². The fourth-order valence-corrected chi connectivity index (χ4v) is 3.36. The van der Waals surface area contributed by atoms with E-state index in [1.165, 1.54) is 35.7 Å². The van der Waals surface area contributed by atoms with E-state index in [1.807, 2.05) is 24.3 Å². The van der Waals surface area contributed by atoms with E-state index >= 15 is 0 Å². The fourth-order valence-electron chi connectivity index (χ4n) is 3.00. The first kappa shape index (κ1) is 16.9. The molecule has 116 valence electrons. The molecule has 0 N–H and O–H groups in total. The highest BCUT2D eigenvalue weighted by atomic mass is 127. The molecule has 0 bridgehead atoms. The number of ketones is 1. The van der Waals surface area contributed by atoms with E-state index in [9.17, 15) is 4.79 Å². The smallest absolute Gasteiger partial charge is 0.176 e. The molecule has 1 fully saturated rings. The molecule has 1 aromatic rings. The van der Waals surface area contributed by atoms with E-state index in [0.717, 1.165) is 12.1 Å². The zero-order valence-corrected chi connectivity index (χ0v) is 15.3. The van der Waals surface area contributed by atoms with Crippen molar-refractivity contribution in [3.63, 3.8) is 0 Å². The fraction of sp³-hybridized carbons (Fsp3) is 0.611. The van der Waals surface area contributed by atoms with Crippen molar-refractivity contribution in [2.24, 2.45) is 5.92 Å². The highest BCUT2D eigenvalue weighted by Gasteiger charge is 2.24. The van der Waals surface area contributed by atoms with E-state index in [2.05, 4.69) is 41.3 Å². The summed E-state index contributed by atoms with van der Waals surface area (Å²) in [4.78, 5) is 15.0. The van der Waals surface area contributed by atoms with Crippen LogP contribution >= 0.6 is 22.6 Å². The molecule has 0 unspecified atom stereocenters. The van der Waals surface area contributed by atoms with Crippen molar-refractivity contribution in [3.8, 4) is 0 Å². The molecule has 1 aliphatic carbocycles. The molecule has 1 saturated carbocycles. The van der Waals surface area contributed by atoms with Gasteiger partial charge < -0.3 is 0 Å². The minimum atomic E-state index is 0.266. The number of rotatable bonds is 7. The van der Waals surface area contributed by atoms with Crippen LogP contribution in [0.1, 0.15) is 56.3 Å². The quantitative estimate of drug-likeness (QED) is 0.487. The van der Waals surface area contributed by atoms with Crippen LogP contribution in [-0.4, -0.2) is 29.8 Å². The Morgan fingerprint density at radius 1 is 1.24 bits per heavy atom. The Labute approximate surface area is 142 Å². The van der Waals surface area contributed by atoms with Gasteiger partial charge in [0.15, 0.2) is 5.78 Å². The molecule has 0 amide bonds. The van der Waals surface area contributed by atoms with Crippen molar-refractivity contribution in [1.29, 1.82) is 0 Å². The lowest BCUT2D eigenvalue weighted by molar-refractivity contribution is 0.0886. The third kappa shape index (κ3) is 5.37. The maximum atomic E-state index is 12.5. The number of halogens is 1. The number of nitrogens with zero attached hydrogens (tertiary/aromatic N) is 1. The lowest BCUT2D eigenvalue weighted by Crippen LogP contribution is -2.38. The minimum Gasteiger partial charge on any atom is -0.293 e. The number of hydrogen-bond donors (Lipinski definition) is 0. The summed E-state index contributed by atoms with van der Waals surface area (Å²) in [5.74, 6) is 0.962. The summed E-state index contributed by atoms with van der Waals surface area (Å²) in [7, 11) is 0. The van der Waals surface area contributed by atoms with Crippen LogP contribution in [-0.2, 0) is 0 Å². The molecule has 1 aromatic carbocycles. The summed E-state index contributed by atoms with van der Waals surface area (Å²) in [5.41, 5.74) is 0.850. The van der Waals surface area contributed by atoms with E-state index in [4.69, 9.17) is 0 Å². The first-order valence-corrected chi connectivity index (χ1v) is 9.17. The molecule has 0 atom stereocenters. The van der Waals surface area contributed by atoms with Gasteiger partial charge in [-0.15, -0.1) is 0 Å². The zero-order valence-electron chi connectivity index (χ0n) is 13.1. The molecule has 0 spiro atoms. The summed E-state index contributed by atoms with van der Waals surface area (Å²) >= 11 is 2.28. The summed E-state index contributed by atoms with van der Waals surface area (Å²) in [5, 5.41) is 0. The zero-order chi connectivity index (χ0) is 15.2. The maximum absolute atomic E-state index is 12.5. The van der Waals surface area contributed by atoms with Gasteiger partial charge in [-0.05, 0) is 66.4 Å². The van der Waals surface area contributed by atoms with Crippen LogP contribution in [0.15, 0.2) is 24.3 Å². The van der Waals surface area contributed by atoms with Crippen molar-refractivity contribution >= 4 is 28.4 Å². The Morgan fingerprint density at radius 2 is 1.86 bits per heavy atom.